The van der Waals surface area contributed by atoms with Gasteiger partial charge in [0, 0.05) is 22.8 Å². The van der Waals surface area contributed by atoms with E-state index in [4.69, 9.17) is 5.73 Å². The van der Waals surface area contributed by atoms with E-state index < -0.39 is 11.2 Å². The number of aromatic amines is 1. The maximum Gasteiger partial charge on any atom is 0.330 e. The third kappa shape index (κ3) is 2.62. The molecule has 20 heavy (non-hydrogen) atoms. The second kappa shape index (κ2) is 5.54. The summed E-state index contributed by atoms with van der Waals surface area (Å²) in [4.78, 5) is 28.0. The minimum atomic E-state index is -0.484. The highest BCUT2D eigenvalue weighted by atomic mass is 32.1. The summed E-state index contributed by atoms with van der Waals surface area (Å²) in [5.74, 6) is 0.172. The van der Waals surface area contributed by atoms with Crippen LogP contribution in [0.5, 0.6) is 0 Å². The van der Waals surface area contributed by atoms with Gasteiger partial charge < -0.3 is 11.1 Å². The molecule has 0 radical (unpaired) electrons. The Hall–Kier alpha value is -2.02. The molecule has 0 aromatic carbocycles. The van der Waals surface area contributed by atoms with Gasteiger partial charge in [0.1, 0.15) is 11.5 Å². The molecule has 0 bridgehead atoms. The van der Waals surface area contributed by atoms with Crippen LogP contribution in [0.15, 0.2) is 15.7 Å². The van der Waals surface area contributed by atoms with Crippen molar-refractivity contribution in [2.45, 2.75) is 33.9 Å². The Morgan fingerprint density at radius 2 is 2.10 bits per heavy atom. The summed E-state index contributed by atoms with van der Waals surface area (Å²) in [5.41, 5.74) is 6.39. The van der Waals surface area contributed by atoms with Gasteiger partial charge in [-0.1, -0.05) is 0 Å². The molecule has 108 valence electrons. The van der Waals surface area contributed by atoms with Crippen molar-refractivity contribution in [1.29, 1.82) is 0 Å². The summed E-state index contributed by atoms with van der Waals surface area (Å²) in [6, 6.07) is 2.08. The number of H-pyrrole nitrogens is 1. The fourth-order valence-electron chi connectivity index (χ4n) is 1.98. The lowest BCUT2D eigenvalue weighted by Gasteiger charge is -2.11. The number of hydrogen-bond acceptors (Lipinski definition) is 5. The van der Waals surface area contributed by atoms with Crippen molar-refractivity contribution in [3.63, 3.8) is 0 Å². The molecule has 0 saturated heterocycles. The molecule has 2 rings (SSSR count). The molecule has 4 N–H and O–H groups in total. The van der Waals surface area contributed by atoms with Gasteiger partial charge in [-0.3, -0.25) is 14.3 Å². The molecule has 2 aromatic rings. The number of aryl methyl sites for hydroxylation is 2. The van der Waals surface area contributed by atoms with E-state index >= 15 is 0 Å². The van der Waals surface area contributed by atoms with Gasteiger partial charge >= 0.3 is 5.69 Å². The first-order valence-corrected chi connectivity index (χ1v) is 7.18. The smallest absolute Gasteiger partial charge is 0.330 e. The van der Waals surface area contributed by atoms with Crippen LogP contribution >= 0.6 is 11.3 Å². The molecular weight excluding hydrogens is 276 g/mol. The van der Waals surface area contributed by atoms with Crippen molar-refractivity contribution in [3.8, 4) is 0 Å². The Morgan fingerprint density at radius 3 is 2.65 bits per heavy atom. The average Bonchev–Trinajstić information content (AvgIpc) is 2.68. The highest BCUT2D eigenvalue weighted by Gasteiger charge is 2.11. The molecule has 0 aliphatic carbocycles. The second-order valence-corrected chi connectivity index (χ2v) is 5.91. The molecule has 0 saturated carbocycles. The van der Waals surface area contributed by atoms with Crippen molar-refractivity contribution < 1.29 is 0 Å². The van der Waals surface area contributed by atoms with Gasteiger partial charge in [0.25, 0.3) is 5.56 Å². The van der Waals surface area contributed by atoms with E-state index in [9.17, 15) is 9.59 Å². The van der Waals surface area contributed by atoms with Crippen molar-refractivity contribution in [2.75, 3.05) is 11.1 Å². The average molecular weight is 294 g/mol. The van der Waals surface area contributed by atoms with Crippen molar-refractivity contribution >= 4 is 22.8 Å². The summed E-state index contributed by atoms with van der Waals surface area (Å²) in [7, 11) is 0. The molecule has 0 atom stereocenters. The minimum absolute atomic E-state index is 0.172. The van der Waals surface area contributed by atoms with Crippen LogP contribution in [0.2, 0.25) is 0 Å². The maximum atomic E-state index is 11.8. The first kappa shape index (κ1) is 14.4. The zero-order valence-electron chi connectivity index (χ0n) is 11.7. The zero-order chi connectivity index (χ0) is 14.9. The van der Waals surface area contributed by atoms with Gasteiger partial charge in [0.05, 0.1) is 0 Å². The normalized spacial score (nSPS) is 10.8. The van der Waals surface area contributed by atoms with E-state index in [0.29, 0.717) is 13.1 Å². The largest absolute Gasteiger partial charge is 0.383 e. The topological polar surface area (TPSA) is 92.9 Å². The molecule has 0 spiro atoms. The van der Waals surface area contributed by atoms with Crippen LogP contribution < -0.4 is 22.3 Å². The molecule has 0 aliphatic heterocycles. The molecular formula is C13H18N4O2S. The lowest BCUT2D eigenvalue weighted by Crippen LogP contribution is -2.33. The van der Waals surface area contributed by atoms with E-state index in [0.717, 1.165) is 4.88 Å². The molecule has 6 nitrogen and oxygen atoms in total. The SMILES string of the molecule is CCn1c(N)c(NCc2cc(C)c(C)s2)c(=O)[nH]c1=O. The van der Waals surface area contributed by atoms with Gasteiger partial charge in [0.15, 0.2) is 0 Å². The Bertz CT molecular complexity index is 722. The number of aromatic nitrogens is 2. The number of nitrogen functional groups attached to an aromatic ring is 1. The Morgan fingerprint density at radius 1 is 1.40 bits per heavy atom. The number of anilines is 2. The van der Waals surface area contributed by atoms with Crippen LogP contribution in [0.3, 0.4) is 0 Å². The molecule has 0 amide bonds. The molecule has 7 heteroatoms. The van der Waals surface area contributed by atoms with E-state index in [-0.39, 0.29) is 11.5 Å². The quantitative estimate of drug-likeness (QED) is 0.795. The predicted molar refractivity (Wildman–Crippen MR) is 82.5 cm³/mol. The van der Waals surface area contributed by atoms with Gasteiger partial charge in [-0.05, 0) is 32.4 Å². The molecule has 0 unspecified atom stereocenters. The monoisotopic (exact) mass is 294 g/mol. The van der Waals surface area contributed by atoms with Crippen LogP contribution in [-0.2, 0) is 13.1 Å². The van der Waals surface area contributed by atoms with Gasteiger partial charge in [0.2, 0.25) is 0 Å². The minimum Gasteiger partial charge on any atom is -0.383 e. The van der Waals surface area contributed by atoms with Crippen LogP contribution in [0.1, 0.15) is 22.2 Å². The maximum absolute atomic E-state index is 11.8. The zero-order valence-corrected chi connectivity index (χ0v) is 12.6. The van der Waals surface area contributed by atoms with Gasteiger partial charge in [-0.15, -0.1) is 11.3 Å². The van der Waals surface area contributed by atoms with E-state index in [1.54, 1.807) is 18.3 Å². The first-order chi connectivity index (χ1) is 9.43. The highest BCUT2D eigenvalue weighted by Crippen LogP contribution is 2.21. The number of nitrogens with two attached hydrogens (primary N) is 1. The summed E-state index contributed by atoms with van der Waals surface area (Å²) in [5, 5.41) is 3.02. The molecule has 2 heterocycles. The molecule has 0 fully saturated rings. The van der Waals surface area contributed by atoms with Crippen molar-refractivity contribution in [3.05, 3.63) is 42.2 Å². The summed E-state index contributed by atoms with van der Waals surface area (Å²) in [6.45, 7) is 6.82. The first-order valence-electron chi connectivity index (χ1n) is 6.36. The van der Waals surface area contributed by atoms with Gasteiger partial charge in [-0.25, -0.2) is 4.79 Å². The summed E-state index contributed by atoms with van der Waals surface area (Å²) in [6.07, 6.45) is 0. The number of thiophene rings is 1. The number of hydrogen-bond donors (Lipinski definition) is 3. The lowest BCUT2D eigenvalue weighted by molar-refractivity contribution is 0.706. The Kier molecular flexibility index (Phi) is 3.99. The van der Waals surface area contributed by atoms with E-state index in [1.165, 1.54) is 15.0 Å². The van der Waals surface area contributed by atoms with Crippen LogP contribution in [0, 0.1) is 13.8 Å². The Labute approximate surface area is 120 Å². The number of nitrogens with zero attached hydrogens (tertiary/aromatic N) is 1. The summed E-state index contributed by atoms with van der Waals surface area (Å²) < 4.78 is 1.33. The standard InChI is InChI=1S/C13H18N4O2S/c1-4-17-11(14)10(12(18)16-13(17)19)15-6-9-5-7(2)8(3)20-9/h5,15H,4,6,14H2,1-3H3,(H,16,18,19). The Balaban J connectivity index is 2.30. The third-order valence-electron chi connectivity index (χ3n) is 3.21. The number of rotatable bonds is 4. The van der Waals surface area contributed by atoms with E-state index in [1.807, 2.05) is 6.92 Å². The highest BCUT2D eigenvalue weighted by molar-refractivity contribution is 7.12. The van der Waals surface area contributed by atoms with Crippen LogP contribution in [-0.4, -0.2) is 9.55 Å². The fourth-order valence-corrected chi connectivity index (χ4v) is 2.98. The predicted octanol–water partition coefficient (Wildman–Crippen LogP) is 1.43. The lowest BCUT2D eigenvalue weighted by atomic mass is 10.3. The van der Waals surface area contributed by atoms with Crippen molar-refractivity contribution in [2.24, 2.45) is 0 Å². The molecule has 0 aliphatic rings. The van der Waals surface area contributed by atoms with E-state index in [2.05, 4.69) is 23.3 Å². The van der Waals surface area contributed by atoms with Crippen LogP contribution in [0.4, 0.5) is 11.5 Å². The second-order valence-electron chi connectivity index (χ2n) is 4.57. The van der Waals surface area contributed by atoms with Gasteiger partial charge in [-0.2, -0.15) is 0 Å². The van der Waals surface area contributed by atoms with Crippen molar-refractivity contribution in [1.82, 2.24) is 9.55 Å². The molecule has 2 aromatic heterocycles. The fraction of sp³-hybridized carbons (Fsp3) is 0.385. The summed E-state index contributed by atoms with van der Waals surface area (Å²) >= 11 is 1.67. The van der Waals surface area contributed by atoms with Crippen LogP contribution in [0.25, 0.3) is 0 Å². The third-order valence-corrected chi connectivity index (χ3v) is 4.36. The number of nitrogens with one attached hydrogen (secondary N) is 2.